The van der Waals surface area contributed by atoms with Crippen LogP contribution in [0.1, 0.15) is 41.0 Å². The van der Waals surface area contributed by atoms with E-state index in [0.717, 1.165) is 46.3 Å². The molecule has 6 nitrogen and oxygen atoms in total. The van der Waals surface area contributed by atoms with E-state index in [-0.39, 0.29) is 0 Å². The third-order valence-electron chi connectivity index (χ3n) is 6.81. The SMILES string of the molecule is Cc1cc(Nc2ccc(Nc3ccc(N4CCCC4)s3)cc2C)ccc1/N=N/c1nc2c(s1)CCC2. The molecule has 0 spiro atoms. The first-order valence-electron chi connectivity index (χ1n) is 12.6. The molecule has 6 rings (SSSR count). The average Bonchev–Trinajstić information content (AvgIpc) is 3.65. The minimum absolute atomic E-state index is 0.764. The Labute approximate surface area is 220 Å². The van der Waals surface area contributed by atoms with Gasteiger partial charge in [0, 0.05) is 35.0 Å². The molecular weight excluding hydrogens is 484 g/mol. The molecule has 1 aliphatic heterocycles. The molecule has 2 aromatic carbocycles. The minimum atomic E-state index is 0.764. The lowest BCUT2D eigenvalue weighted by Crippen LogP contribution is -2.15. The Bertz CT molecular complexity index is 1390. The van der Waals surface area contributed by atoms with Crippen molar-refractivity contribution in [3.8, 4) is 0 Å². The summed E-state index contributed by atoms with van der Waals surface area (Å²) in [5.74, 6) is 0. The van der Waals surface area contributed by atoms with Gasteiger partial charge in [0.25, 0.3) is 0 Å². The number of anilines is 5. The van der Waals surface area contributed by atoms with Crippen LogP contribution < -0.4 is 15.5 Å². The van der Waals surface area contributed by atoms with E-state index in [1.54, 1.807) is 11.3 Å². The van der Waals surface area contributed by atoms with Crippen LogP contribution >= 0.6 is 22.7 Å². The van der Waals surface area contributed by atoms with E-state index in [9.17, 15) is 0 Å². The second-order valence-corrected chi connectivity index (χ2v) is 11.7. The van der Waals surface area contributed by atoms with Crippen molar-refractivity contribution in [2.24, 2.45) is 10.2 Å². The molecule has 0 saturated carbocycles. The highest BCUT2D eigenvalue weighted by atomic mass is 32.1. The number of thiazole rings is 1. The van der Waals surface area contributed by atoms with Crippen molar-refractivity contribution in [3.63, 3.8) is 0 Å². The molecule has 0 bridgehead atoms. The van der Waals surface area contributed by atoms with Crippen LogP contribution in [-0.4, -0.2) is 18.1 Å². The van der Waals surface area contributed by atoms with Gasteiger partial charge in [-0.3, -0.25) is 0 Å². The third kappa shape index (κ3) is 5.01. The Morgan fingerprint density at radius 2 is 1.61 bits per heavy atom. The molecule has 2 aromatic heterocycles. The zero-order chi connectivity index (χ0) is 24.5. The standard InChI is InChI=1S/C28H30N6S2/c1-18-16-21(30-26-12-13-27(36-26)34-14-3-4-15-34)8-10-22(18)29-20-9-11-23(19(2)17-20)32-33-28-31-24-6-5-7-25(24)35-28/h8-13,16-17,29-30H,3-7,14-15H2,1-2H3/b33-32+. The number of nitrogens with one attached hydrogen (secondary N) is 2. The van der Waals surface area contributed by atoms with Crippen LogP contribution in [0.15, 0.2) is 58.8 Å². The van der Waals surface area contributed by atoms with Crippen LogP contribution in [0, 0.1) is 13.8 Å². The number of aryl methyl sites for hydroxylation is 4. The Hall–Kier alpha value is -3.23. The molecule has 4 aromatic rings. The first-order chi connectivity index (χ1) is 17.6. The van der Waals surface area contributed by atoms with E-state index < -0.39 is 0 Å². The molecule has 184 valence electrons. The Kier molecular flexibility index (Phi) is 6.46. The maximum Gasteiger partial charge on any atom is 0.230 e. The monoisotopic (exact) mass is 514 g/mol. The van der Waals surface area contributed by atoms with Gasteiger partial charge < -0.3 is 15.5 Å². The molecule has 3 heterocycles. The van der Waals surface area contributed by atoms with E-state index >= 15 is 0 Å². The topological polar surface area (TPSA) is 64.9 Å². The fourth-order valence-corrected chi connectivity index (χ4v) is 6.79. The number of azo groups is 1. The molecule has 36 heavy (non-hydrogen) atoms. The molecule has 1 saturated heterocycles. The second-order valence-electron chi connectivity index (χ2n) is 9.53. The smallest absolute Gasteiger partial charge is 0.230 e. The summed E-state index contributed by atoms with van der Waals surface area (Å²) in [5, 5.41) is 19.3. The van der Waals surface area contributed by atoms with E-state index in [1.165, 1.54) is 58.5 Å². The van der Waals surface area contributed by atoms with Crippen molar-refractivity contribution in [2.45, 2.75) is 46.0 Å². The van der Waals surface area contributed by atoms with Crippen molar-refractivity contribution in [1.29, 1.82) is 0 Å². The number of thiophene rings is 1. The van der Waals surface area contributed by atoms with Crippen LogP contribution in [-0.2, 0) is 12.8 Å². The molecule has 2 N–H and O–H groups in total. The summed E-state index contributed by atoms with van der Waals surface area (Å²) >= 11 is 3.50. The van der Waals surface area contributed by atoms with Gasteiger partial charge in [-0.15, -0.1) is 21.6 Å². The third-order valence-corrected chi connectivity index (χ3v) is 8.91. The number of hydrogen-bond donors (Lipinski definition) is 2. The van der Waals surface area contributed by atoms with Gasteiger partial charge in [0.2, 0.25) is 5.13 Å². The Morgan fingerprint density at radius 3 is 2.42 bits per heavy atom. The zero-order valence-electron chi connectivity index (χ0n) is 20.7. The highest BCUT2D eigenvalue weighted by Gasteiger charge is 2.17. The van der Waals surface area contributed by atoms with Crippen LogP contribution in [0.4, 0.5) is 37.9 Å². The molecule has 0 radical (unpaired) electrons. The van der Waals surface area contributed by atoms with Crippen LogP contribution in [0.2, 0.25) is 0 Å². The second kappa shape index (κ2) is 10.0. The van der Waals surface area contributed by atoms with Crippen molar-refractivity contribution in [1.82, 2.24) is 4.98 Å². The van der Waals surface area contributed by atoms with Gasteiger partial charge in [0.05, 0.1) is 21.4 Å². The lowest BCUT2D eigenvalue weighted by atomic mass is 10.1. The van der Waals surface area contributed by atoms with Crippen molar-refractivity contribution < 1.29 is 0 Å². The summed E-state index contributed by atoms with van der Waals surface area (Å²) in [7, 11) is 0. The average molecular weight is 515 g/mol. The first kappa shape index (κ1) is 23.2. The maximum absolute atomic E-state index is 4.61. The highest BCUT2D eigenvalue weighted by molar-refractivity contribution is 7.20. The maximum atomic E-state index is 4.61. The van der Waals surface area contributed by atoms with E-state index in [4.69, 9.17) is 0 Å². The van der Waals surface area contributed by atoms with Gasteiger partial charge in [-0.1, -0.05) is 11.3 Å². The van der Waals surface area contributed by atoms with Gasteiger partial charge in [0.15, 0.2) is 0 Å². The van der Waals surface area contributed by atoms with Crippen LogP contribution in [0.25, 0.3) is 0 Å². The summed E-state index contributed by atoms with van der Waals surface area (Å²) in [6.45, 7) is 6.56. The molecule has 8 heteroatoms. The van der Waals surface area contributed by atoms with Gasteiger partial charge in [-0.2, -0.15) is 0 Å². The number of nitrogens with zero attached hydrogens (tertiary/aromatic N) is 4. The minimum Gasteiger partial charge on any atom is -0.363 e. The van der Waals surface area contributed by atoms with Gasteiger partial charge >= 0.3 is 0 Å². The summed E-state index contributed by atoms with van der Waals surface area (Å²) in [4.78, 5) is 8.46. The normalized spacial score (nSPS) is 15.1. The fourth-order valence-electron chi connectivity index (χ4n) is 4.84. The summed E-state index contributed by atoms with van der Waals surface area (Å²) in [5.41, 5.74) is 7.59. The van der Waals surface area contributed by atoms with Gasteiger partial charge in [-0.05, 0) is 106 Å². The zero-order valence-corrected chi connectivity index (χ0v) is 22.3. The number of rotatable bonds is 7. The van der Waals surface area contributed by atoms with Crippen molar-refractivity contribution in [2.75, 3.05) is 28.6 Å². The quantitative estimate of drug-likeness (QED) is 0.242. The molecule has 0 amide bonds. The number of fused-ring (bicyclic) bond motifs is 1. The Balaban J connectivity index is 1.10. The molecule has 2 aliphatic rings. The van der Waals surface area contributed by atoms with Gasteiger partial charge in [0.1, 0.15) is 0 Å². The molecule has 0 atom stereocenters. The molecular formula is C28H30N6S2. The summed E-state index contributed by atoms with van der Waals surface area (Å²) in [6.07, 6.45) is 6.02. The number of aromatic nitrogens is 1. The summed E-state index contributed by atoms with van der Waals surface area (Å²) < 4.78 is 0. The van der Waals surface area contributed by atoms with E-state index in [2.05, 4.69) is 87.1 Å². The molecule has 1 aliphatic carbocycles. The summed E-state index contributed by atoms with van der Waals surface area (Å²) in [6, 6.07) is 17.1. The van der Waals surface area contributed by atoms with Crippen molar-refractivity contribution >= 4 is 60.6 Å². The van der Waals surface area contributed by atoms with Gasteiger partial charge in [-0.25, -0.2) is 4.98 Å². The first-order valence-corrected chi connectivity index (χ1v) is 14.2. The van der Waals surface area contributed by atoms with E-state index in [0.29, 0.717) is 0 Å². The lowest BCUT2D eigenvalue weighted by molar-refractivity contribution is 0.898. The Morgan fingerprint density at radius 1 is 0.806 bits per heavy atom. The van der Waals surface area contributed by atoms with Crippen LogP contribution in [0.5, 0.6) is 0 Å². The fraction of sp³-hybridized carbons (Fsp3) is 0.321. The van der Waals surface area contributed by atoms with Crippen molar-refractivity contribution in [3.05, 3.63) is 70.2 Å². The highest BCUT2D eigenvalue weighted by Crippen LogP contribution is 2.36. The molecule has 1 fully saturated rings. The largest absolute Gasteiger partial charge is 0.363 e. The molecule has 0 unspecified atom stereocenters. The predicted molar refractivity (Wildman–Crippen MR) is 153 cm³/mol. The predicted octanol–water partition coefficient (Wildman–Crippen LogP) is 8.81. The number of benzene rings is 2. The lowest BCUT2D eigenvalue weighted by Gasteiger charge is -2.14. The number of hydrogen-bond acceptors (Lipinski definition) is 8. The van der Waals surface area contributed by atoms with Crippen LogP contribution in [0.3, 0.4) is 0 Å². The van der Waals surface area contributed by atoms with E-state index in [1.807, 2.05) is 17.4 Å².